The average Bonchev–Trinajstić information content (AvgIpc) is 2.63. The number of halogens is 1. The number of nitrogens with two attached hydrogens (primary N) is 1. The van der Waals surface area contributed by atoms with Crippen LogP contribution in [0.15, 0.2) is 12.4 Å². The molecule has 1 aliphatic rings. The number of carbonyl (C=O) groups is 1. The minimum atomic E-state index is -1.48. The van der Waals surface area contributed by atoms with Gasteiger partial charge in [-0.3, -0.25) is 4.79 Å². The van der Waals surface area contributed by atoms with Gasteiger partial charge in [0.15, 0.2) is 5.60 Å². The fourth-order valence-electron chi connectivity index (χ4n) is 1.63. The average molecular weight is 243 g/mol. The van der Waals surface area contributed by atoms with Crippen molar-refractivity contribution in [1.82, 2.24) is 9.97 Å². The van der Waals surface area contributed by atoms with Crippen LogP contribution in [0.3, 0.4) is 0 Å². The van der Waals surface area contributed by atoms with Gasteiger partial charge in [0.2, 0.25) is 5.95 Å². The third kappa shape index (κ3) is 1.94. The minimum absolute atomic E-state index is 0.115. The SMILES string of the molecule is NC(=O)C1(O)CCN(c2ncc(Cl)cn2)C1. The molecule has 6 nitrogen and oxygen atoms in total. The predicted molar refractivity (Wildman–Crippen MR) is 58.0 cm³/mol. The zero-order valence-corrected chi connectivity index (χ0v) is 9.18. The lowest BCUT2D eigenvalue weighted by molar-refractivity contribution is -0.134. The molecular weight excluding hydrogens is 232 g/mol. The molecule has 1 aromatic rings. The summed E-state index contributed by atoms with van der Waals surface area (Å²) in [6, 6.07) is 0. The van der Waals surface area contributed by atoms with Crippen LogP contribution >= 0.6 is 11.6 Å². The molecule has 0 aliphatic carbocycles. The quantitative estimate of drug-likeness (QED) is 0.733. The van der Waals surface area contributed by atoms with Crippen LogP contribution in [-0.4, -0.2) is 39.7 Å². The first-order valence-electron chi connectivity index (χ1n) is 4.76. The van der Waals surface area contributed by atoms with Gasteiger partial charge in [0.05, 0.1) is 24.0 Å². The molecule has 0 spiro atoms. The van der Waals surface area contributed by atoms with Crippen molar-refractivity contribution in [3.8, 4) is 0 Å². The van der Waals surface area contributed by atoms with E-state index in [1.165, 1.54) is 12.4 Å². The van der Waals surface area contributed by atoms with Crippen molar-refractivity contribution >= 4 is 23.5 Å². The Morgan fingerprint density at radius 3 is 2.69 bits per heavy atom. The van der Waals surface area contributed by atoms with Crippen molar-refractivity contribution in [3.05, 3.63) is 17.4 Å². The Labute approximate surface area is 97.0 Å². The van der Waals surface area contributed by atoms with Crippen molar-refractivity contribution in [3.63, 3.8) is 0 Å². The molecule has 2 heterocycles. The summed E-state index contributed by atoms with van der Waals surface area (Å²) >= 11 is 5.66. The Hall–Kier alpha value is -1.40. The second-order valence-electron chi connectivity index (χ2n) is 3.77. The van der Waals surface area contributed by atoms with Crippen LogP contribution in [0.1, 0.15) is 6.42 Å². The molecule has 1 atom stereocenters. The molecule has 0 radical (unpaired) electrons. The number of hydrogen-bond acceptors (Lipinski definition) is 5. The van der Waals surface area contributed by atoms with Crippen molar-refractivity contribution in [1.29, 1.82) is 0 Å². The maximum absolute atomic E-state index is 11.0. The van der Waals surface area contributed by atoms with E-state index in [9.17, 15) is 9.90 Å². The molecule has 1 fully saturated rings. The molecule has 1 unspecified atom stereocenters. The molecule has 16 heavy (non-hydrogen) atoms. The number of primary amides is 1. The predicted octanol–water partition coefficient (Wildman–Crippen LogP) is -0.444. The first-order valence-corrected chi connectivity index (χ1v) is 5.14. The van der Waals surface area contributed by atoms with E-state index in [4.69, 9.17) is 17.3 Å². The van der Waals surface area contributed by atoms with Gasteiger partial charge in [-0.1, -0.05) is 11.6 Å². The van der Waals surface area contributed by atoms with E-state index in [1.54, 1.807) is 4.90 Å². The Balaban J connectivity index is 2.15. The van der Waals surface area contributed by atoms with Gasteiger partial charge in [-0.2, -0.15) is 0 Å². The number of carbonyl (C=O) groups excluding carboxylic acids is 1. The molecule has 0 aromatic carbocycles. The molecule has 86 valence electrons. The maximum atomic E-state index is 11.0. The Morgan fingerprint density at radius 2 is 2.19 bits per heavy atom. The minimum Gasteiger partial charge on any atom is -0.378 e. The number of hydrogen-bond donors (Lipinski definition) is 2. The highest BCUT2D eigenvalue weighted by Gasteiger charge is 2.42. The van der Waals surface area contributed by atoms with Crippen molar-refractivity contribution in [2.45, 2.75) is 12.0 Å². The van der Waals surface area contributed by atoms with Crippen LogP contribution < -0.4 is 10.6 Å². The summed E-state index contributed by atoms with van der Waals surface area (Å²) in [5, 5.41) is 10.3. The van der Waals surface area contributed by atoms with E-state index < -0.39 is 11.5 Å². The maximum Gasteiger partial charge on any atom is 0.251 e. The van der Waals surface area contributed by atoms with Gasteiger partial charge >= 0.3 is 0 Å². The summed E-state index contributed by atoms with van der Waals surface area (Å²) in [5.41, 5.74) is 3.64. The first kappa shape index (κ1) is 11.1. The molecule has 1 aliphatic heterocycles. The second-order valence-corrected chi connectivity index (χ2v) is 4.21. The van der Waals surface area contributed by atoms with Crippen LogP contribution in [0.25, 0.3) is 0 Å². The van der Waals surface area contributed by atoms with Crippen molar-refractivity contribution in [2.75, 3.05) is 18.0 Å². The molecule has 3 N–H and O–H groups in total. The Bertz CT molecular complexity index is 410. The normalized spacial score (nSPS) is 24.8. The zero-order valence-electron chi connectivity index (χ0n) is 8.43. The molecule has 2 rings (SSSR count). The largest absolute Gasteiger partial charge is 0.378 e. The van der Waals surface area contributed by atoms with E-state index in [0.29, 0.717) is 17.5 Å². The van der Waals surface area contributed by atoms with Gasteiger partial charge < -0.3 is 15.7 Å². The van der Waals surface area contributed by atoms with Crippen LogP contribution in [0.5, 0.6) is 0 Å². The molecule has 7 heteroatoms. The van der Waals surface area contributed by atoms with Gasteiger partial charge in [-0.05, 0) is 0 Å². The lowest BCUT2D eigenvalue weighted by Gasteiger charge is -2.19. The van der Waals surface area contributed by atoms with E-state index in [1.807, 2.05) is 0 Å². The number of rotatable bonds is 2. The first-order chi connectivity index (χ1) is 7.51. The van der Waals surface area contributed by atoms with Crippen LogP contribution in [0.2, 0.25) is 5.02 Å². The van der Waals surface area contributed by atoms with E-state index in [2.05, 4.69) is 9.97 Å². The molecule has 0 saturated carbocycles. The monoisotopic (exact) mass is 242 g/mol. The second kappa shape index (κ2) is 3.88. The van der Waals surface area contributed by atoms with Gasteiger partial charge in [0.1, 0.15) is 0 Å². The highest BCUT2D eigenvalue weighted by molar-refractivity contribution is 6.30. The lowest BCUT2D eigenvalue weighted by Crippen LogP contribution is -2.46. The Morgan fingerprint density at radius 1 is 1.56 bits per heavy atom. The van der Waals surface area contributed by atoms with Crippen LogP contribution in [0, 0.1) is 0 Å². The van der Waals surface area contributed by atoms with Gasteiger partial charge in [-0.25, -0.2) is 9.97 Å². The zero-order chi connectivity index (χ0) is 11.8. The summed E-state index contributed by atoms with van der Waals surface area (Å²) in [6.07, 6.45) is 3.21. The topological polar surface area (TPSA) is 92.3 Å². The molecule has 1 saturated heterocycles. The van der Waals surface area contributed by atoms with E-state index in [-0.39, 0.29) is 13.0 Å². The summed E-state index contributed by atoms with van der Waals surface area (Å²) < 4.78 is 0. The van der Waals surface area contributed by atoms with E-state index in [0.717, 1.165) is 0 Å². The van der Waals surface area contributed by atoms with Crippen LogP contribution in [0.4, 0.5) is 5.95 Å². The highest BCUT2D eigenvalue weighted by atomic mass is 35.5. The summed E-state index contributed by atoms with van der Waals surface area (Å²) in [6.45, 7) is 0.602. The highest BCUT2D eigenvalue weighted by Crippen LogP contribution is 2.24. The standard InChI is InChI=1S/C9H11ClN4O2/c10-6-3-12-8(13-4-6)14-2-1-9(16,5-14)7(11)15/h3-4,16H,1-2,5H2,(H2,11,15). The van der Waals surface area contributed by atoms with Gasteiger partial charge in [-0.15, -0.1) is 0 Å². The molecule has 1 amide bonds. The third-order valence-corrected chi connectivity index (χ3v) is 2.79. The van der Waals surface area contributed by atoms with Gasteiger partial charge in [0.25, 0.3) is 5.91 Å². The number of nitrogens with zero attached hydrogens (tertiary/aromatic N) is 3. The summed E-state index contributed by atoms with van der Waals surface area (Å²) in [5.74, 6) is -0.287. The van der Waals surface area contributed by atoms with Gasteiger partial charge in [0, 0.05) is 13.0 Å². The summed E-state index contributed by atoms with van der Waals surface area (Å²) in [4.78, 5) is 20.7. The Kier molecular flexibility index (Phi) is 2.69. The number of amides is 1. The number of aliphatic hydroxyl groups is 1. The molecule has 1 aromatic heterocycles. The molecular formula is C9H11ClN4O2. The number of β-amino-alcohol motifs (C(OH)–C–C–N with tert-alkyl or cyclic N) is 1. The smallest absolute Gasteiger partial charge is 0.251 e. The van der Waals surface area contributed by atoms with Crippen LogP contribution in [-0.2, 0) is 4.79 Å². The molecule has 0 bridgehead atoms. The lowest BCUT2D eigenvalue weighted by atomic mass is 10.0. The summed E-state index contributed by atoms with van der Waals surface area (Å²) in [7, 11) is 0. The fourth-order valence-corrected chi connectivity index (χ4v) is 1.73. The van der Waals surface area contributed by atoms with E-state index >= 15 is 0 Å². The fraction of sp³-hybridized carbons (Fsp3) is 0.444. The van der Waals surface area contributed by atoms with Crippen molar-refractivity contribution < 1.29 is 9.90 Å². The number of aromatic nitrogens is 2. The van der Waals surface area contributed by atoms with Crippen molar-refractivity contribution in [2.24, 2.45) is 5.73 Å². The number of anilines is 1. The third-order valence-electron chi connectivity index (χ3n) is 2.60.